The van der Waals surface area contributed by atoms with Crippen LogP contribution in [0.2, 0.25) is 5.02 Å². The molecule has 98 valence electrons. The highest BCUT2D eigenvalue weighted by atomic mass is 35.5. The van der Waals surface area contributed by atoms with Crippen LogP contribution in [0.4, 0.5) is 4.39 Å². The van der Waals surface area contributed by atoms with Gasteiger partial charge < -0.3 is 9.73 Å². The second kappa shape index (κ2) is 5.72. The highest BCUT2D eigenvalue weighted by Gasteiger charge is 2.17. The molecule has 0 fully saturated rings. The summed E-state index contributed by atoms with van der Waals surface area (Å²) < 4.78 is 19.5. The summed E-state index contributed by atoms with van der Waals surface area (Å²) >= 11 is 5.77. The summed E-state index contributed by atoms with van der Waals surface area (Å²) in [6, 6.07) is 3.41. The number of aryl methyl sites for hydroxylation is 1. The number of furan rings is 1. The Hall–Kier alpha value is -1.06. The molecule has 0 aliphatic heterocycles. The molecule has 1 heterocycles. The number of benzene rings is 1. The highest BCUT2D eigenvalue weighted by Crippen LogP contribution is 2.31. The second-order valence-corrected chi connectivity index (χ2v) is 4.68. The molecule has 0 saturated heterocycles. The molecule has 4 heteroatoms. The molecule has 1 N–H and O–H groups in total. The first-order valence-electron chi connectivity index (χ1n) is 6.28. The van der Waals surface area contributed by atoms with E-state index in [1.165, 1.54) is 0 Å². The van der Waals surface area contributed by atoms with Crippen molar-refractivity contribution in [1.82, 2.24) is 5.32 Å². The average Bonchev–Trinajstić information content (AvgIpc) is 2.73. The lowest BCUT2D eigenvalue weighted by Gasteiger charge is -2.01. The van der Waals surface area contributed by atoms with Crippen molar-refractivity contribution in [2.45, 2.75) is 33.2 Å². The molecular weight excluding hydrogens is 253 g/mol. The SMILES string of the molecule is CCCNCc1oc2c(F)c(Cl)ccc2c1CC. The zero-order chi connectivity index (χ0) is 13.1. The van der Waals surface area contributed by atoms with Gasteiger partial charge >= 0.3 is 0 Å². The largest absolute Gasteiger partial charge is 0.456 e. The van der Waals surface area contributed by atoms with E-state index in [-0.39, 0.29) is 10.6 Å². The molecule has 1 aromatic heterocycles. The van der Waals surface area contributed by atoms with Gasteiger partial charge in [-0.25, -0.2) is 4.39 Å². The fourth-order valence-corrected chi connectivity index (χ4v) is 2.26. The van der Waals surface area contributed by atoms with E-state index < -0.39 is 5.82 Å². The summed E-state index contributed by atoms with van der Waals surface area (Å²) in [5.41, 5.74) is 1.33. The first-order valence-corrected chi connectivity index (χ1v) is 6.65. The Morgan fingerprint density at radius 3 is 2.78 bits per heavy atom. The van der Waals surface area contributed by atoms with E-state index >= 15 is 0 Å². The van der Waals surface area contributed by atoms with Crippen LogP contribution in [0.1, 0.15) is 31.6 Å². The maximum absolute atomic E-state index is 13.9. The Balaban J connectivity index is 2.44. The molecule has 18 heavy (non-hydrogen) atoms. The van der Waals surface area contributed by atoms with Crippen molar-refractivity contribution in [1.29, 1.82) is 0 Å². The lowest BCUT2D eigenvalue weighted by molar-refractivity contribution is 0.491. The van der Waals surface area contributed by atoms with Gasteiger partial charge in [0.25, 0.3) is 0 Å². The number of halogens is 2. The third-order valence-corrected chi connectivity index (χ3v) is 3.29. The van der Waals surface area contributed by atoms with E-state index in [4.69, 9.17) is 16.0 Å². The van der Waals surface area contributed by atoms with Crippen LogP contribution >= 0.6 is 11.6 Å². The van der Waals surface area contributed by atoms with Crippen LogP contribution in [0, 0.1) is 5.82 Å². The molecular formula is C14H17ClFNO. The Bertz CT molecular complexity index is 550. The molecule has 1 aromatic carbocycles. The van der Waals surface area contributed by atoms with Crippen LogP contribution in [-0.2, 0) is 13.0 Å². The topological polar surface area (TPSA) is 25.2 Å². The maximum Gasteiger partial charge on any atom is 0.184 e. The summed E-state index contributed by atoms with van der Waals surface area (Å²) in [6.45, 7) is 5.69. The van der Waals surface area contributed by atoms with Crippen molar-refractivity contribution in [3.05, 3.63) is 34.3 Å². The van der Waals surface area contributed by atoms with Gasteiger partial charge in [0.15, 0.2) is 11.4 Å². The maximum atomic E-state index is 13.9. The van der Waals surface area contributed by atoms with E-state index in [9.17, 15) is 4.39 Å². The first-order chi connectivity index (χ1) is 8.69. The summed E-state index contributed by atoms with van der Waals surface area (Å²) in [4.78, 5) is 0. The van der Waals surface area contributed by atoms with Gasteiger partial charge in [0.2, 0.25) is 0 Å². The average molecular weight is 270 g/mol. The number of fused-ring (bicyclic) bond motifs is 1. The molecule has 0 bridgehead atoms. The van der Waals surface area contributed by atoms with E-state index in [2.05, 4.69) is 12.2 Å². The van der Waals surface area contributed by atoms with E-state index in [0.29, 0.717) is 6.54 Å². The minimum Gasteiger partial charge on any atom is -0.456 e. The molecule has 0 amide bonds. The van der Waals surface area contributed by atoms with Gasteiger partial charge in [-0.1, -0.05) is 25.4 Å². The van der Waals surface area contributed by atoms with Crippen LogP contribution in [0.5, 0.6) is 0 Å². The van der Waals surface area contributed by atoms with Crippen LogP contribution in [0.25, 0.3) is 11.0 Å². The minimum atomic E-state index is -0.467. The normalized spacial score (nSPS) is 11.3. The van der Waals surface area contributed by atoms with Crippen LogP contribution in [-0.4, -0.2) is 6.54 Å². The molecule has 0 saturated carbocycles. The Morgan fingerprint density at radius 2 is 2.11 bits per heavy atom. The molecule has 0 spiro atoms. The molecule has 0 aliphatic carbocycles. The van der Waals surface area contributed by atoms with Crippen molar-refractivity contribution < 1.29 is 8.81 Å². The predicted molar refractivity (Wildman–Crippen MR) is 72.6 cm³/mol. The van der Waals surface area contributed by atoms with Crippen molar-refractivity contribution in [3.8, 4) is 0 Å². The number of hydrogen-bond donors (Lipinski definition) is 1. The molecule has 0 unspecified atom stereocenters. The van der Waals surface area contributed by atoms with Crippen molar-refractivity contribution in [2.24, 2.45) is 0 Å². The quantitative estimate of drug-likeness (QED) is 0.819. The summed E-state index contributed by atoms with van der Waals surface area (Å²) in [6.07, 6.45) is 1.87. The zero-order valence-electron chi connectivity index (χ0n) is 10.6. The van der Waals surface area contributed by atoms with Gasteiger partial charge in [-0.05, 0) is 31.5 Å². The van der Waals surface area contributed by atoms with Gasteiger partial charge in [0, 0.05) is 10.9 Å². The fraction of sp³-hybridized carbons (Fsp3) is 0.429. The zero-order valence-corrected chi connectivity index (χ0v) is 11.4. The van der Waals surface area contributed by atoms with Crippen molar-refractivity contribution in [3.63, 3.8) is 0 Å². The van der Waals surface area contributed by atoms with Crippen LogP contribution in [0.3, 0.4) is 0 Å². The van der Waals surface area contributed by atoms with E-state index in [1.54, 1.807) is 6.07 Å². The Kier molecular flexibility index (Phi) is 4.25. The lowest BCUT2D eigenvalue weighted by Crippen LogP contribution is -2.14. The van der Waals surface area contributed by atoms with Gasteiger partial charge in [-0.2, -0.15) is 0 Å². The van der Waals surface area contributed by atoms with Crippen molar-refractivity contribution in [2.75, 3.05) is 6.54 Å². The molecule has 0 aliphatic rings. The van der Waals surface area contributed by atoms with Gasteiger partial charge in [0.1, 0.15) is 5.76 Å². The second-order valence-electron chi connectivity index (χ2n) is 4.27. The van der Waals surface area contributed by atoms with Gasteiger partial charge in [-0.3, -0.25) is 0 Å². The first kappa shape index (κ1) is 13.4. The molecule has 2 nitrogen and oxygen atoms in total. The molecule has 0 atom stereocenters. The van der Waals surface area contributed by atoms with E-state index in [0.717, 1.165) is 36.1 Å². The van der Waals surface area contributed by atoms with Gasteiger partial charge in [0.05, 0.1) is 11.6 Å². The minimum absolute atomic E-state index is 0.104. The fourth-order valence-electron chi connectivity index (χ4n) is 2.11. The molecule has 2 rings (SSSR count). The summed E-state index contributed by atoms with van der Waals surface area (Å²) in [5.74, 6) is 0.340. The molecule has 0 radical (unpaired) electrons. The number of hydrogen-bond acceptors (Lipinski definition) is 2. The smallest absolute Gasteiger partial charge is 0.184 e. The predicted octanol–water partition coefficient (Wildman–Crippen LogP) is 4.29. The summed E-state index contributed by atoms with van der Waals surface area (Å²) in [5, 5.41) is 4.20. The number of nitrogens with one attached hydrogen (secondary N) is 1. The van der Waals surface area contributed by atoms with Crippen LogP contribution in [0.15, 0.2) is 16.5 Å². The van der Waals surface area contributed by atoms with Crippen molar-refractivity contribution >= 4 is 22.6 Å². The van der Waals surface area contributed by atoms with E-state index in [1.807, 2.05) is 13.0 Å². The highest BCUT2D eigenvalue weighted by molar-refractivity contribution is 6.31. The number of rotatable bonds is 5. The van der Waals surface area contributed by atoms with Crippen LogP contribution < -0.4 is 5.32 Å². The molecule has 2 aromatic rings. The Morgan fingerprint density at radius 1 is 1.33 bits per heavy atom. The standard InChI is InChI=1S/C14H17ClFNO/c1-3-7-17-8-12-9(4-2)10-5-6-11(15)13(16)14(10)18-12/h5-6,17H,3-4,7-8H2,1-2H3. The monoisotopic (exact) mass is 269 g/mol. The summed E-state index contributed by atoms with van der Waals surface area (Å²) in [7, 11) is 0. The Labute approximate surface area is 111 Å². The van der Waals surface area contributed by atoms with Gasteiger partial charge in [-0.15, -0.1) is 0 Å². The third-order valence-electron chi connectivity index (χ3n) is 3.00. The lowest BCUT2D eigenvalue weighted by atomic mass is 10.1. The third kappa shape index (κ3) is 2.38.